The predicted octanol–water partition coefficient (Wildman–Crippen LogP) is 4.81. The Morgan fingerprint density at radius 3 is 1.67 bits per heavy atom. The number of alkyl carbamates (subject to hydrolysis) is 2. The molecule has 54 heavy (non-hydrogen) atoms. The molecule has 2 aromatic carbocycles. The molecule has 0 aliphatic carbocycles. The fourth-order valence-corrected chi connectivity index (χ4v) is 7.27. The zero-order chi connectivity index (χ0) is 38.2. The first-order valence-electron chi connectivity index (χ1n) is 18.0. The van der Waals surface area contributed by atoms with E-state index >= 15 is 0 Å². The Morgan fingerprint density at radius 2 is 1.15 bits per heavy atom. The molecule has 2 aliphatic rings. The zero-order valence-corrected chi connectivity index (χ0v) is 30.9. The lowest BCUT2D eigenvalue weighted by Crippen LogP contribution is -2.50. The first kappa shape index (κ1) is 38.1. The Kier molecular flexibility index (Phi) is 12.3. The van der Waals surface area contributed by atoms with Gasteiger partial charge in [-0.1, -0.05) is 48.5 Å². The van der Waals surface area contributed by atoms with E-state index in [-0.39, 0.29) is 37.1 Å². The summed E-state index contributed by atoms with van der Waals surface area (Å²) in [5.74, 6) is 0.236. The third-order valence-corrected chi connectivity index (χ3v) is 9.99. The van der Waals surface area contributed by atoms with Gasteiger partial charge in [-0.15, -0.1) is 0 Å². The normalized spacial score (nSPS) is 17.9. The fourth-order valence-electron chi connectivity index (χ4n) is 7.27. The smallest absolute Gasteiger partial charge is 0.407 e. The first-order valence-corrected chi connectivity index (χ1v) is 18.0. The molecule has 4 atom stereocenters. The first-order chi connectivity index (χ1) is 26.2. The van der Waals surface area contributed by atoms with Crippen LogP contribution in [0.2, 0.25) is 0 Å². The van der Waals surface area contributed by atoms with E-state index in [2.05, 4.69) is 62.0 Å². The van der Waals surface area contributed by atoms with Crippen LogP contribution in [0.3, 0.4) is 0 Å². The van der Waals surface area contributed by atoms with Crippen LogP contribution < -0.4 is 10.6 Å². The molecule has 4 heterocycles. The number of amides is 4. The highest BCUT2D eigenvalue weighted by Crippen LogP contribution is 2.35. The van der Waals surface area contributed by atoms with Crippen LogP contribution in [0.15, 0.2) is 66.9 Å². The molecule has 0 unspecified atom stereocenters. The molecule has 4 N–H and O–H groups in total. The third-order valence-electron chi connectivity index (χ3n) is 9.99. The van der Waals surface area contributed by atoms with Crippen LogP contribution in [0.4, 0.5) is 9.59 Å². The van der Waals surface area contributed by atoms with Crippen LogP contribution in [0.1, 0.15) is 49.3 Å². The van der Waals surface area contributed by atoms with Gasteiger partial charge >= 0.3 is 12.2 Å². The van der Waals surface area contributed by atoms with Crippen molar-refractivity contribution >= 4 is 24.0 Å². The number of benzene rings is 2. The van der Waals surface area contributed by atoms with Crippen molar-refractivity contribution < 1.29 is 38.1 Å². The molecule has 286 valence electrons. The number of aromatic amines is 2. The van der Waals surface area contributed by atoms with Gasteiger partial charge in [0.1, 0.15) is 17.9 Å². The van der Waals surface area contributed by atoms with Crippen LogP contribution in [0.5, 0.6) is 0 Å². The number of carbonyl (C=O) groups excluding carboxylic acids is 4. The van der Waals surface area contributed by atoms with Crippen molar-refractivity contribution in [2.24, 2.45) is 0 Å². The Hall–Kier alpha value is -5.67. The van der Waals surface area contributed by atoms with E-state index < -0.39 is 24.3 Å². The van der Waals surface area contributed by atoms with E-state index in [1.165, 1.54) is 28.4 Å². The van der Waals surface area contributed by atoms with Gasteiger partial charge in [0.2, 0.25) is 11.8 Å². The quantitative estimate of drug-likeness (QED) is 0.150. The number of H-pyrrole nitrogens is 2. The summed E-state index contributed by atoms with van der Waals surface area (Å²) in [5, 5.41) is 5.15. The van der Waals surface area contributed by atoms with Crippen molar-refractivity contribution in [3.05, 3.63) is 78.4 Å². The average molecular weight is 742 g/mol. The van der Waals surface area contributed by atoms with Crippen LogP contribution in [-0.2, 0) is 28.5 Å². The molecule has 2 aliphatic heterocycles. The summed E-state index contributed by atoms with van der Waals surface area (Å²) in [6, 6.07) is 18.4. The topological polar surface area (TPSA) is 180 Å². The maximum atomic E-state index is 13.4. The summed E-state index contributed by atoms with van der Waals surface area (Å²) in [6.07, 6.45) is 3.64. The van der Waals surface area contributed by atoms with Crippen molar-refractivity contribution in [3.8, 4) is 33.6 Å². The molecule has 15 nitrogen and oxygen atoms in total. The van der Waals surface area contributed by atoms with Crippen LogP contribution in [0, 0.1) is 0 Å². The number of ether oxygens (including phenoxy) is 4. The average Bonchev–Trinajstić information content (AvgIpc) is 4.04. The molecule has 2 aromatic heterocycles. The number of nitrogens with zero attached hydrogens (tertiary/aromatic N) is 3. The molecule has 2 saturated heterocycles. The molecular formula is C39H47N7O8. The molecule has 4 amide bonds. The number of nitrogens with one attached hydrogen (secondary N) is 4. The zero-order valence-electron chi connectivity index (χ0n) is 30.9. The summed E-state index contributed by atoms with van der Waals surface area (Å²) >= 11 is 0. The van der Waals surface area contributed by atoms with Gasteiger partial charge in [-0.2, -0.15) is 0 Å². The monoisotopic (exact) mass is 741 g/mol. The SMILES string of the molecule is COC[C@H](NC(=O)OC)C(=O)N1CCC[C@H]1c1ccc(-c2ccc(-c3ccc(-c4cnc([C@@H]5CCCN5C(=O)[C@H](COC)NC(=O)OC)[nH]4)cc3)cc2)[nH]1. The summed E-state index contributed by atoms with van der Waals surface area (Å²) in [5.41, 5.74) is 6.81. The van der Waals surface area contributed by atoms with E-state index in [4.69, 9.17) is 18.9 Å². The minimum Gasteiger partial charge on any atom is -0.453 e. The Bertz CT molecular complexity index is 1770. The highest BCUT2D eigenvalue weighted by Gasteiger charge is 2.37. The number of hydrogen-bond donors (Lipinski definition) is 4. The number of likely N-dealkylation sites (tertiary alicyclic amines) is 2. The lowest BCUT2D eigenvalue weighted by atomic mass is 10.0. The van der Waals surface area contributed by atoms with Crippen molar-refractivity contribution in [2.75, 3.05) is 54.7 Å². The molecule has 4 aromatic rings. The largest absolute Gasteiger partial charge is 0.453 e. The fraction of sp³-hybridized carbons (Fsp3) is 0.410. The standard InChI is InChI=1S/C39H47N7O8/c1-51-22-31(43-38(49)53-3)36(47)45-19-5-7-33(45)29-18-17-28(41-29)26-13-9-24(10-14-26)25-11-15-27(16-12-25)30-21-40-35(42-30)34-8-6-20-46(34)37(48)32(23-52-2)44-39(50)54-4/h9-18,21,31-34,41H,5-8,19-20,22-23H2,1-4H3,(H,40,42)(H,43,49)(H,44,50)/t31-,32-,33-,34-/m0/s1. The van der Waals surface area contributed by atoms with E-state index in [1.807, 2.05) is 24.3 Å². The van der Waals surface area contributed by atoms with Crippen LogP contribution >= 0.6 is 0 Å². The molecule has 0 radical (unpaired) electrons. The van der Waals surface area contributed by atoms with Crippen molar-refractivity contribution in [1.29, 1.82) is 0 Å². The molecular weight excluding hydrogens is 694 g/mol. The molecule has 0 spiro atoms. The maximum Gasteiger partial charge on any atom is 0.407 e. The molecule has 0 saturated carbocycles. The number of carbonyl (C=O) groups is 4. The Balaban J connectivity index is 1.10. The second kappa shape index (κ2) is 17.4. The van der Waals surface area contributed by atoms with Gasteiger partial charge in [0.15, 0.2) is 0 Å². The van der Waals surface area contributed by atoms with Gasteiger partial charge in [-0.25, -0.2) is 14.6 Å². The van der Waals surface area contributed by atoms with E-state index in [1.54, 1.807) is 16.0 Å². The Morgan fingerprint density at radius 1 is 0.667 bits per heavy atom. The summed E-state index contributed by atoms with van der Waals surface area (Å²) in [7, 11) is 5.48. The number of imidazole rings is 1. The van der Waals surface area contributed by atoms with E-state index in [9.17, 15) is 19.2 Å². The van der Waals surface area contributed by atoms with Gasteiger partial charge in [-0.05, 0) is 60.1 Å². The lowest BCUT2D eigenvalue weighted by Gasteiger charge is -2.28. The van der Waals surface area contributed by atoms with Crippen LogP contribution in [-0.4, -0.2) is 116 Å². The molecule has 2 fully saturated rings. The molecule has 0 bridgehead atoms. The number of hydrogen-bond acceptors (Lipinski definition) is 9. The minimum atomic E-state index is -0.863. The van der Waals surface area contributed by atoms with Crippen molar-refractivity contribution in [1.82, 2.24) is 35.4 Å². The number of methoxy groups -OCH3 is 4. The van der Waals surface area contributed by atoms with Gasteiger partial charge in [0.05, 0.1) is 51.4 Å². The molecule has 15 heteroatoms. The minimum absolute atomic E-state index is 0.0292. The maximum absolute atomic E-state index is 13.4. The van der Waals surface area contributed by atoms with Crippen molar-refractivity contribution in [2.45, 2.75) is 49.9 Å². The summed E-state index contributed by atoms with van der Waals surface area (Å²) < 4.78 is 19.8. The molecule has 6 rings (SSSR count). The second-order valence-electron chi connectivity index (χ2n) is 13.3. The highest BCUT2D eigenvalue weighted by atomic mass is 16.5. The third kappa shape index (κ3) is 8.42. The van der Waals surface area contributed by atoms with Crippen LogP contribution in [0.25, 0.3) is 33.6 Å². The Labute approximate surface area is 313 Å². The van der Waals surface area contributed by atoms with Gasteiger partial charge < -0.3 is 49.3 Å². The van der Waals surface area contributed by atoms with E-state index in [0.717, 1.165) is 65.0 Å². The summed E-state index contributed by atoms with van der Waals surface area (Å²) in [6.45, 7) is 1.21. The predicted molar refractivity (Wildman–Crippen MR) is 199 cm³/mol. The number of aromatic nitrogens is 3. The lowest BCUT2D eigenvalue weighted by molar-refractivity contribution is -0.136. The van der Waals surface area contributed by atoms with Gasteiger partial charge in [0.25, 0.3) is 0 Å². The number of rotatable bonds is 13. The highest BCUT2D eigenvalue weighted by molar-refractivity contribution is 5.87. The summed E-state index contributed by atoms with van der Waals surface area (Å²) in [4.78, 5) is 65.6. The second-order valence-corrected chi connectivity index (χ2v) is 13.3. The van der Waals surface area contributed by atoms with E-state index in [0.29, 0.717) is 18.9 Å². The van der Waals surface area contributed by atoms with Gasteiger partial charge in [0, 0.05) is 38.7 Å². The van der Waals surface area contributed by atoms with Gasteiger partial charge in [-0.3, -0.25) is 9.59 Å². The van der Waals surface area contributed by atoms with Crippen molar-refractivity contribution in [3.63, 3.8) is 0 Å².